The van der Waals surface area contributed by atoms with Crippen molar-refractivity contribution >= 4 is 5.91 Å². The van der Waals surface area contributed by atoms with Crippen molar-refractivity contribution < 1.29 is 13.9 Å². The Bertz CT molecular complexity index is 1160. The van der Waals surface area contributed by atoms with E-state index in [4.69, 9.17) is 4.74 Å². The quantitative estimate of drug-likeness (QED) is 0.465. The van der Waals surface area contributed by atoms with Crippen molar-refractivity contribution in [2.24, 2.45) is 0 Å². The van der Waals surface area contributed by atoms with Gasteiger partial charge in [-0.25, -0.2) is 14.4 Å². The molecule has 0 spiro atoms. The number of rotatable bonds is 6. The van der Waals surface area contributed by atoms with Crippen LogP contribution in [0.25, 0.3) is 11.1 Å². The van der Waals surface area contributed by atoms with E-state index in [0.717, 1.165) is 16.7 Å². The lowest BCUT2D eigenvalue weighted by Crippen LogP contribution is -2.22. The molecule has 0 aliphatic rings. The van der Waals surface area contributed by atoms with E-state index in [0.29, 0.717) is 17.9 Å². The average molecular weight is 413 g/mol. The second-order valence-corrected chi connectivity index (χ2v) is 7.06. The number of carbonyl (C=O) groups excluding carboxylic acids is 1. The highest BCUT2D eigenvalue weighted by Crippen LogP contribution is 2.22. The van der Waals surface area contributed by atoms with E-state index >= 15 is 0 Å². The molecule has 0 saturated carbocycles. The number of amides is 1. The van der Waals surface area contributed by atoms with E-state index in [1.165, 1.54) is 29.8 Å². The smallest absolute Gasteiger partial charge is 0.321 e. The van der Waals surface area contributed by atoms with Crippen LogP contribution in [0.15, 0.2) is 85.2 Å². The van der Waals surface area contributed by atoms with Gasteiger partial charge in [0, 0.05) is 30.1 Å². The molecule has 4 rings (SSSR count). The Hall–Kier alpha value is -4.06. The number of nitrogens with one attached hydrogen (secondary N) is 1. The molecule has 0 saturated heterocycles. The summed E-state index contributed by atoms with van der Waals surface area (Å²) < 4.78 is 18.5. The third-order valence-corrected chi connectivity index (χ3v) is 4.71. The highest BCUT2D eigenvalue weighted by Gasteiger charge is 2.07. The van der Waals surface area contributed by atoms with Gasteiger partial charge >= 0.3 is 6.01 Å². The van der Waals surface area contributed by atoms with Crippen LogP contribution < -0.4 is 10.1 Å². The fraction of sp³-hybridized carbons (Fsp3) is 0.0800. The zero-order chi connectivity index (χ0) is 21.6. The molecule has 0 bridgehead atoms. The van der Waals surface area contributed by atoms with Gasteiger partial charge in [-0.1, -0.05) is 42.0 Å². The Kier molecular flexibility index (Phi) is 5.98. The summed E-state index contributed by atoms with van der Waals surface area (Å²) in [5, 5.41) is 2.92. The number of hydrogen-bond donors (Lipinski definition) is 1. The monoisotopic (exact) mass is 413 g/mol. The lowest BCUT2D eigenvalue weighted by Gasteiger charge is -2.07. The minimum Gasteiger partial charge on any atom is -0.424 e. The number of aromatic nitrogens is 2. The van der Waals surface area contributed by atoms with Crippen LogP contribution in [0.5, 0.6) is 11.8 Å². The van der Waals surface area contributed by atoms with Gasteiger partial charge in [-0.05, 0) is 54.4 Å². The summed E-state index contributed by atoms with van der Waals surface area (Å²) in [7, 11) is 0. The van der Waals surface area contributed by atoms with Crippen molar-refractivity contribution in [2.75, 3.05) is 0 Å². The first-order valence-corrected chi connectivity index (χ1v) is 9.76. The molecule has 154 valence electrons. The van der Waals surface area contributed by atoms with Crippen LogP contribution in [-0.2, 0) is 6.54 Å². The highest BCUT2D eigenvalue weighted by atomic mass is 19.1. The average Bonchev–Trinajstić information content (AvgIpc) is 2.81. The molecule has 3 aromatic carbocycles. The summed E-state index contributed by atoms with van der Waals surface area (Å²) in [5.74, 6) is -0.0162. The third-order valence-electron chi connectivity index (χ3n) is 4.71. The highest BCUT2D eigenvalue weighted by molar-refractivity contribution is 5.94. The summed E-state index contributed by atoms with van der Waals surface area (Å²) in [6.07, 6.45) is 3.27. The van der Waals surface area contributed by atoms with Gasteiger partial charge in [-0.2, -0.15) is 0 Å². The summed E-state index contributed by atoms with van der Waals surface area (Å²) in [6.45, 7) is 2.51. The SMILES string of the molecule is Cc1ccc(CNC(=O)c2ccc(-c3cnc(Oc4ccc(F)cc4)nc3)cc2)cc1. The fourth-order valence-electron chi connectivity index (χ4n) is 2.93. The van der Waals surface area contributed by atoms with Crippen LogP contribution in [-0.4, -0.2) is 15.9 Å². The zero-order valence-corrected chi connectivity index (χ0v) is 16.9. The van der Waals surface area contributed by atoms with Crippen molar-refractivity contribution in [3.63, 3.8) is 0 Å². The topological polar surface area (TPSA) is 64.1 Å². The first-order valence-electron chi connectivity index (χ1n) is 9.76. The number of ether oxygens (including phenoxy) is 1. The number of nitrogens with zero attached hydrogens (tertiary/aromatic N) is 2. The Morgan fingerprint density at radius 2 is 1.52 bits per heavy atom. The predicted molar refractivity (Wildman–Crippen MR) is 116 cm³/mol. The Morgan fingerprint density at radius 3 is 2.16 bits per heavy atom. The lowest BCUT2D eigenvalue weighted by atomic mass is 10.1. The van der Waals surface area contributed by atoms with Crippen LogP contribution in [0.1, 0.15) is 21.5 Å². The molecule has 1 heterocycles. The molecular weight excluding hydrogens is 393 g/mol. The van der Waals surface area contributed by atoms with Crippen molar-refractivity contribution in [3.05, 3.63) is 108 Å². The Balaban J connectivity index is 1.37. The lowest BCUT2D eigenvalue weighted by molar-refractivity contribution is 0.0951. The molecule has 1 amide bonds. The van der Waals surface area contributed by atoms with E-state index in [1.807, 2.05) is 43.3 Å². The number of carbonyl (C=O) groups is 1. The maximum atomic E-state index is 13.0. The van der Waals surface area contributed by atoms with Gasteiger partial charge in [0.15, 0.2) is 0 Å². The molecule has 0 unspecified atom stereocenters. The van der Waals surface area contributed by atoms with Gasteiger partial charge in [0.05, 0.1) is 0 Å². The van der Waals surface area contributed by atoms with Crippen LogP contribution in [0.4, 0.5) is 4.39 Å². The van der Waals surface area contributed by atoms with Crippen molar-refractivity contribution in [3.8, 4) is 22.9 Å². The van der Waals surface area contributed by atoms with Gasteiger partial charge < -0.3 is 10.1 Å². The van der Waals surface area contributed by atoms with Gasteiger partial charge in [-0.15, -0.1) is 0 Å². The van der Waals surface area contributed by atoms with Crippen LogP contribution in [0, 0.1) is 12.7 Å². The molecular formula is C25H20FN3O2. The molecule has 0 radical (unpaired) electrons. The molecule has 0 atom stereocenters. The molecule has 5 nitrogen and oxygen atoms in total. The minimum absolute atomic E-state index is 0.133. The van der Waals surface area contributed by atoms with E-state index in [1.54, 1.807) is 24.5 Å². The van der Waals surface area contributed by atoms with Gasteiger partial charge in [0.1, 0.15) is 11.6 Å². The van der Waals surface area contributed by atoms with Gasteiger partial charge in [0.25, 0.3) is 5.91 Å². The van der Waals surface area contributed by atoms with E-state index < -0.39 is 0 Å². The molecule has 0 aliphatic heterocycles. The van der Waals surface area contributed by atoms with Crippen molar-refractivity contribution in [1.29, 1.82) is 0 Å². The van der Waals surface area contributed by atoms with Gasteiger partial charge in [-0.3, -0.25) is 4.79 Å². The van der Waals surface area contributed by atoms with Gasteiger partial charge in [0.2, 0.25) is 0 Å². The number of halogens is 1. The number of hydrogen-bond acceptors (Lipinski definition) is 4. The first kappa shape index (κ1) is 20.2. The fourth-order valence-corrected chi connectivity index (χ4v) is 2.93. The summed E-state index contributed by atoms with van der Waals surface area (Å²) >= 11 is 0. The molecule has 0 aliphatic carbocycles. The summed E-state index contributed by atoms with van der Waals surface area (Å²) in [5.41, 5.74) is 4.48. The number of aryl methyl sites for hydroxylation is 1. The summed E-state index contributed by atoms with van der Waals surface area (Å²) in [6, 6.07) is 21.1. The molecule has 6 heteroatoms. The molecule has 31 heavy (non-hydrogen) atoms. The van der Waals surface area contributed by atoms with E-state index in [9.17, 15) is 9.18 Å². The second kappa shape index (κ2) is 9.17. The van der Waals surface area contributed by atoms with E-state index in [2.05, 4.69) is 15.3 Å². The maximum Gasteiger partial charge on any atom is 0.321 e. The number of benzene rings is 3. The zero-order valence-electron chi connectivity index (χ0n) is 16.9. The van der Waals surface area contributed by atoms with Crippen LogP contribution >= 0.6 is 0 Å². The van der Waals surface area contributed by atoms with Crippen molar-refractivity contribution in [1.82, 2.24) is 15.3 Å². The molecule has 4 aromatic rings. The normalized spacial score (nSPS) is 10.5. The van der Waals surface area contributed by atoms with Crippen LogP contribution in [0.2, 0.25) is 0 Å². The maximum absolute atomic E-state index is 13.0. The summed E-state index contributed by atoms with van der Waals surface area (Å²) in [4.78, 5) is 20.8. The first-order chi connectivity index (χ1) is 15.1. The minimum atomic E-state index is -0.337. The predicted octanol–water partition coefficient (Wildman–Crippen LogP) is 5.31. The molecule has 0 fully saturated rings. The molecule has 1 aromatic heterocycles. The Labute approximate surface area is 179 Å². The third kappa shape index (κ3) is 5.30. The largest absolute Gasteiger partial charge is 0.424 e. The van der Waals surface area contributed by atoms with E-state index in [-0.39, 0.29) is 17.7 Å². The Morgan fingerprint density at radius 1 is 0.871 bits per heavy atom. The second-order valence-electron chi connectivity index (χ2n) is 7.06. The van der Waals surface area contributed by atoms with Crippen molar-refractivity contribution in [2.45, 2.75) is 13.5 Å². The standard InChI is InChI=1S/C25H20FN3O2/c1-17-2-4-18(5-3-17)14-27-24(30)20-8-6-19(7-9-20)21-15-28-25(29-16-21)31-23-12-10-22(26)11-13-23/h2-13,15-16H,14H2,1H3,(H,27,30). The van der Waals surface area contributed by atoms with Crippen LogP contribution in [0.3, 0.4) is 0 Å². The molecule has 1 N–H and O–H groups in total.